The van der Waals surface area contributed by atoms with Crippen molar-refractivity contribution in [1.29, 1.82) is 0 Å². The Morgan fingerprint density at radius 3 is 2.20 bits per heavy atom. The summed E-state index contributed by atoms with van der Waals surface area (Å²) in [6.45, 7) is 3.29. The van der Waals surface area contributed by atoms with Gasteiger partial charge in [-0.2, -0.15) is 0 Å². The van der Waals surface area contributed by atoms with Gasteiger partial charge in [-0.05, 0) is 24.1 Å². The van der Waals surface area contributed by atoms with Gasteiger partial charge >= 0.3 is 6.36 Å². The standard InChI is InChI=1S/C21H23F3N2O4/c1-13(2)18(26-19(27)15-9-5-7-11-17(15)29-3)20(28)25-12-14-8-4-6-10-16(14)30-21(22,23)24/h4-11,13,18H,12H2,1-3H3,(H,25,28)(H,26,27)/t18-/m0/s1. The van der Waals surface area contributed by atoms with E-state index in [1.165, 1.54) is 31.4 Å². The summed E-state index contributed by atoms with van der Waals surface area (Å²) in [5.74, 6) is -1.34. The zero-order valence-corrected chi connectivity index (χ0v) is 16.7. The number of carbonyl (C=O) groups is 2. The molecule has 9 heteroatoms. The van der Waals surface area contributed by atoms with Crippen molar-refractivity contribution in [2.45, 2.75) is 32.8 Å². The normalized spacial score (nSPS) is 12.2. The van der Waals surface area contributed by atoms with Gasteiger partial charge in [-0.3, -0.25) is 9.59 Å². The molecule has 2 aromatic carbocycles. The Hall–Kier alpha value is -3.23. The van der Waals surface area contributed by atoms with Crippen molar-refractivity contribution in [3.63, 3.8) is 0 Å². The fourth-order valence-electron chi connectivity index (χ4n) is 2.75. The minimum Gasteiger partial charge on any atom is -0.496 e. The molecule has 30 heavy (non-hydrogen) atoms. The third-order valence-electron chi connectivity index (χ3n) is 4.24. The molecule has 162 valence electrons. The largest absolute Gasteiger partial charge is 0.573 e. The minimum atomic E-state index is -4.84. The molecular weight excluding hydrogens is 401 g/mol. The van der Waals surface area contributed by atoms with Crippen molar-refractivity contribution in [1.82, 2.24) is 10.6 Å². The lowest BCUT2D eigenvalue weighted by molar-refractivity contribution is -0.274. The first-order valence-corrected chi connectivity index (χ1v) is 9.17. The number of ether oxygens (including phenoxy) is 2. The first-order chi connectivity index (χ1) is 14.1. The molecule has 0 radical (unpaired) electrons. The van der Waals surface area contributed by atoms with E-state index in [-0.39, 0.29) is 23.6 Å². The Balaban J connectivity index is 2.09. The Labute approximate surface area is 172 Å². The molecule has 0 spiro atoms. The average Bonchev–Trinajstić information content (AvgIpc) is 2.69. The number of methoxy groups -OCH3 is 1. The maximum Gasteiger partial charge on any atom is 0.573 e. The molecule has 0 bridgehead atoms. The Kier molecular flexibility index (Phi) is 7.68. The fraction of sp³-hybridized carbons (Fsp3) is 0.333. The molecule has 2 aromatic rings. The second-order valence-electron chi connectivity index (χ2n) is 6.77. The number of hydrogen-bond donors (Lipinski definition) is 2. The highest BCUT2D eigenvalue weighted by molar-refractivity contribution is 5.99. The number of halogens is 3. The predicted octanol–water partition coefficient (Wildman–Crippen LogP) is 3.66. The predicted molar refractivity (Wildman–Crippen MR) is 104 cm³/mol. The second kappa shape index (κ2) is 10.00. The topological polar surface area (TPSA) is 76.7 Å². The molecule has 0 aliphatic rings. The van der Waals surface area contributed by atoms with E-state index in [0.29, 0.717) is 5.75 Å². The van der Waals surface area contributed by atoms with E-state index in [1.807, 2.05) is 0 Å². The molecular formula is C21H23F3N2O4. The summed E-state index contributed by atoms with van der Waals surface area (Å²) < 4.78 is 46.8. The smallest absolute Gasteiger partial charge is 0.496 e. The van der Waals surface area contributed by atoms with Crippen LogP contribution in [0.3, 0.4) is 0 Å². The zero-order chi connectivity index (χ0) is 22.3. The van der Waals surface area contributed by atoms with Gasteiger partial charge in [0.1, 0.15) is 17.5 Å². The summed E-state index contributed by atoms with van der Waals surface area (Å²) in [5.41, 5.74) is 0.420. The van der Waals surface area contributed by atoms with Crippen molar-refractivity contribution >= 4 is 11.8 Å². The van der Waals surface area contributed by atoms with E-state index in [2.05, 4.69) is 15.4 Å². The van der Waals surface area contributed by atoms with E-state index < -0.39 is 30.0 Å². The van der Waals surface area contributed by atoms with Crippen LogP contribution in [0.4, 0.5) is 13.2 Å². The molecule has 2 rings (SSSR count). The number of benzene rings is 2. The summed E-state index contributed by atoms with van der Waals surface area (Å²) in [5, 5.41) is 5.21. The van der Waals surface area contributed by atoms with Crippen LogP contribution >= 0.6 is 0 Å². The van der Waals surface area contributed by atoms with Gasteiger partial charge in [-0.1, -0.05) is 44.2 Å². The first-order valence-electron chi connectivity index (χ1n) is 9.17. The number of para-hydroxylation sites is 2. The minimum absolute atomic E-state index is 0.154. The fourth-order valence-corrected chi connectivity index (χ4v) is 2.75. The number of hydrogen-bond acceptors (Lipinski definition) is 4. The van der Waals surface area contributed by atoms with Crippen LogP contribution < -0.4 is 20.1 Å². The molecule has 1 atom stereocenters. The van der Waals surface area contributed by atoms with Crippen molar-refractivity contribution in [3.8, 4) is 11.5 Å². The molecule has 0 aromatic heterocycles. The molecule has 2 amide bonds. The lowest BCUT2D eigenvalue weighted by Gasteiger charge is -2.22. The van der Waals surface area contributed by atoms with Crippen molar-refractivity contribution < 1.29 is 32.2 Å². The second-order valence-corrected chi connectivity index (χ2v) is 6.77. The Morgan fingerprint density at radius 1 is 1.00 bits per heavy atom. The van der Waals surface area contributed by atoms with Gasteiger partial charge in [-0.25, -0.2) is 0 Å². The zero-order valence-electron chi connectivity index (χ0n) is 16.7. The molecule has 6 nitrogen and oxygen atoms in total. The summed E-state index contributed by atoms with van der Waals surface area (Å²) in [6, 6.07) is 11.2. The molecule has 0 fully saturated rings. The number of amides is 2. The van der Waals surface area contributed by atoms with Gasteiger partial charge in [0.25, 0.3) is 5.91 Å². The van der Waals surface area contributed by atoms with E-state index in [9.17, 15) is 22.8 Å². The van der Waals surface area contributed by atoms with Gasteiger partial charge in [0, 0.05) is 12.1 Å². The van der Waals surface area contributed by atoms with E-state index in [0.717, 1.165) is 0 Å². The summed E-state index contributed by atoms with van der Waals surface area (Å²) in [7, 11) is 1.43. The average molecular weight is 424 g/mol. The van der Waals surface area contributed by atoms with Crippen LogP contribution in [-0.4, -0.2) is 31.3 Å². The number of nitrogens with one attached hydrogen (secondary N) is 2. The summed E-state index contributed by atoms with van der Waals surface area (Å²) in [6.07, 6.45) is -4.84. The van der Waals surface area contributed by atoms with Crippen LogP contribution in [-0.2, 0) is 11.3 Å². The maximum absolute atomic E-state index is 12.7. The molecule has 0 saturated carbocycles. The van der Waals surface area contributed by atoms with Crippen LogP contribution in [0.5, 0.6) is 11.5 Å². The molecule has 0 saturated heterocycles. The van der Waals surface area contributed by atoms with E-state index in [4.69, 9.17) is 4.74 Å². The molecule has 0 unspecified atom stereocenters. The molecule has 0 aliphatic carbocycles. The van der Waals surface area contributed by atoms with E-state index >= 15 is 0 Å². The highest BCUT2D eigenvalue weighted by Gasteiger charge is 2.32. The molecule has 0 aliphatic heterocycles. The van der Waals surface area contributed by atoms with Crippen LogP contribution in [0.15, 0.2) is 48.5 Å². The van der Waals surface area contributed by atoms with Crippen molar-refractivity contribution in [3.05, 3.63) is 59.7 Å². The quantitative estimate of drug-likeness (QED) is 0.678. The van der Waals surface area contributed by atoms with Gasteiger partial charge in [0.05, 0.1) is 12.7 Å². The number of rotatable bonds is 8. The highest BCUT2D eigenvalue weighted by atomic mass is 19.4. The van der Waals surface area contributed by atoms with Crippen molar-refractivity contribution in [2.24, 2.45) is 5.92 Å². The third-order valence-corrected chi connectivity index (χ3v) is 4.24. The van der Waals surface area contributed by atoms with Gasteiger partial charge in [0.15, 0.2) is 0 Å². The molecule has 2 N–H and O–H groups in total. The maximum atomic E-state index is 12.7. The van der Waals surface area contributed by atoms with Crippen LogP contribution in [0, 0.1) is 5.92 Å². The summed E-state index contributed by atoms with van der Waals surface area (Å²) in [4.78, 5) is 25.3. The first kappa shape index (κ1) is 23.1. The highest BCUT2D eigenvalue weighted by Crippen LogP contribution is 2.26. The Bertz CT molecular complexity index is 885. The Morgan fingerprint density at radius 2 is 1.60 bits per heavy atom. The third kappa shape index (κ3) is 6.40. The number of carbonyl (C=O) groups excluding carboxylic acids is 2. The van der Waals surface area contributed by atoms with Crippen LogP contribution in [0.2, 0.25) is 0 Å². The van der Waals surface area contributed by atoms with Gasteiger partial charge in [-0.15, -0.1) is 13.2 Å². The lowest BCUT2D eigenvalue weighted by Crippen LogP contribution is -2.49. The van der Waals surface area contributed by atoms with Gasteiger partial charge in [0.2, 0.25) is 5.91 Å². The van der Waals surface area contributed by atoms with Crippen LogP contribution in [0.25, 0.3) is 0 Å². The SMILES string of the molecule is COc1ccccc1C(=O)N[C@H](C(=O)NCc1ccccc1OC(F)(F)F)C(C)C. The summed E-state index contributed by atoms with van der Waals surface area (Å²) >= 11 is 0. The van der Waals surface area contributed by atoms with Gasteiger partial charge < -0.3 is 20.1 Å². The lowest BCUT2D eigenvalue weighted by atomic mass is 10.0. The van der Waals surface area contributed by atoms with E-state index in [1.54, 1.807) is 38.1 Å². The van der Waals surface area contributed by atoms with Crippen LogP contribution in [0.1, 0.15) is 29.8 Å². The number of alkyl halides is 3. The van der Waals surface area contributed by atoms with Crippen molar-refractivity contribution in [2.75, 3.05) is 7.11 Å². The monoisotopic (exact) mass is 424 g/mol. The molecule has 0 heterocycles.